The van der Waals surface area contributed by atoms with Crippen molar-refractivity contribution in [2.45, 2.75) is 0 Å². The molecule has 0 N–H and O–H groups in total. The molecule has 0 unspecified atom stereocenters. The molecule has 2 rings (SSSR count). The molecule has 138 valence electrons. The van der Waals surface area contributed by atoms with E-state index in [4.69, 9.17) is 4.74 Å². The lowest BCUT2D eigenvalue weighted by Gasteiger charge is -2.34. The lowest BCUT2D eigenvalue weighted by atomic mass is 10.3. The van der Waals surface area contributed by atoms with Crippen molar-refractivity contribution in [2.75, 3.05) is 78.4 Å². The molecule has 0 aromatic carbocycles. The molecule has 2 aliphatic rings. The average Bonchev–Trinajstić information content (AvgIpc) is 2.58. The molecule has 2 heterocycles. The molecule has 0 atom stereocenters. The Morgan fingerprint density at radius 2 is 1.75 bits per heavy atom. The molecule has 0 spiro atoms. The van der Waals surface area contributed by atoms with Gasteiger partial charge >= 0.3 is 0 Å². The van der Waals surface area contributed by atoms with E-state index in [-0.39, 0.29) is 12.5 Å². The number of hydrogen-bond donors (Lipinski definition) is 0. The van der Waals surface area contributed by atoms with E-state index < -0.39 is 10.0 Å². The van der Waals surface area contributed by atoms with Crippen molar-refractivity contribution in [1.29, 1.82) is 0 Å². The topological polar surface area (TPSA) is 90.5 Å². The molecule has 10 heteroatoms. The first-order valence-corrected chi connectivity index (χ1v) is 9.97. The number of carbonyl (C=O) groups excluding carboxylic acids is 2. The van der Waals surface area contributed by atoms with Crippen LogP contribution in [0, 0.1) is 0 Å². The standard InChI is InChI=1S/C14H26N4O5S/c1-24(21,22)18(7-4-15-8-10-23-11-9-15)12-14(20)17-5-2-16(13-19)3-6-17/h13H,2-12H2,1H3. The maximum absolute atomic E-state index is 12.4. The minimum atomic E-state index is -3.45. The molecule has 2 aliphatic heterocycles. The first-order valence-electron chi connectivity index (χ1n) is 8.12. The molecular formula is C14H26N4O5S. The summed E-state index contributed by atoms with van der Waals surface area (Å²) in [5.74, 6) is -0.215. The maximum Gasteiger partial charge on any atom is 0.238 e. The van der Waals surface area contributed by atoms with E-state index in [1.54, 1.807) is 9.80 Å². The SMILES string of the molecule is CS(=O)(=O)N(CCN1CCOCC1)CC(=O)N1CCN(C=O)CC1. The second-order valence-electron chi connectivity index (χ2n) is 6.07. The van der Waals surface area contributed by atoms with E-state index in [1.165, 1.54) is 4.31 Å². The molecular weight excluding hydrogens is 336 g/mol. The third-order valence-corrected chi connectivity index (χ3v) is 5.62. The van der Waals surface area contributed by atoms with Crippen LogP contribution in [-0.2, 0) is 24.3 Å². The molecule has 2 amide bonds. The first-order chi connectivity index (χ1) is 11.4. The normalized spacial score (nSPS) is 20.4. The van der Waals surface area contributed by atoms with Gasteiger partial charge in [-0.3, -0.25) is 14.5 Å². The van der Waals surface area contributed by atoms with Crippen LogP contribution in [-0.4, -0.2) is 118 Å². The number of carbonyl (C=O) groups is 2. The zero-order valence-corrected chi connectivity index (χ0v) is 14.9. The van der Waals surface area contributed by atoms with Crippen LogP contribution >= 0.6 is 0 Å². The Balaban J connectivity index is 1.86. The van der Waals surface area contributed by atoms with Gasteiger partial charge in [0.05, 0.1) is 26.0 Å². The van der Waals surface area contributed by atoms with Crippen LogP contribution in [0.5, 0.6) is 0 Å². The molecule has 9 nitrogen and oxygen atoms in total. The predicted molar refractivity (Wildman–Crippen MR) is 87.9 cm³/mol. The number of ether oxygens (including phenoxy) is 1. The predicted octanol–water partition coefficient (Wildman–Crippen LogP) is -2.12. The summed E-state index contributed by atoms with van der Waals surface area (Å²) in [6.07, 6.45) is 1.90. The highest BCUT2D eigenvalue weighted by Gasteiger charge is 2.26. The summed E-state index contributed by atoms with van der Waals surface area (Å²) in [6, 6.07) is 0. The van der Waals surface area contributed by atoms with Crippen LogP contribution in [0.1, 0.15) is 0 Å². The second kappa shape index (κ2) is 8.75. The van der Waals surface area contributed by atoms with Gasteiger partial charge in [0.2, 0.25) is 22.3 Å². The first kappa shape index (κ1) is 19.1. The maximum atomic E-state index is 12.4. The summed E-state index contributed by atoms with van der Waals surface area (Å²) in [4.78, 5) is 28.4. The van der Waals surface area contributed by atoms with Crippen molar-refractivity contribution in [3.8, 4) is 0 Å². The van der Waals surface area contributed by atoms with Crippen molar-refractivity contribution in [2.24, 2.45) is 0 Å². The van der Waals surface area contributed by atoms with E-state index in [0.29, 0.717) is 52.5 Å². The molecule has 0 saturated carbocycles. The zero-order valence-electron chi connectivity index (χ0n) is 14.1. The summed E-state index contributed by atoms with van der Waals surface area (Å²) in [5.41, 5.74) is 0. The Morgan fingerprint density at radius 1 is 1.12 bits per heavy atom. The fourth-order valence-electron chi connectivity index (χ4n) is 2.77. The summed E-state index contributed by atoms with van der Waals surface area (Å²) in [5, 5.41) is 0. The largest absolute Gasteiger partial charge is 0.379 e. The smallest absolute Gasteiger partial charge is 0.238 e. The molecule has 0 aromatic heterocycles. The molecule has 2 fully saturated rings. The lowest BCUT2D eigenvalue weighted by molar-refractivity contribution is -0.135. The summed E-state index contributed by atoms with van der Waals surface area (Å²) < 4.78 is 30.5. The quantitative estimate of drug-likeness (QED) is 0.481. The Labute approximate surface area is 143 Å². The summed E-state index contributed by atoms with van der Waals surface area (Å²) in [7, 11) is -3.45. The molecule has 0 bridgehead atoms. The van der Waals surface area contributed by atoms with Crippen LogP contribution in [0.15, 0.2) is 0 Å². The highest BCUT2D eigenvalue weighted by molar-refractivity contribution is 7.88. The lowest BCUT2D eigenvalue weighted by Crippen LogP contribution is -2.52. The van der Waals surface area contributed by atoms with Gasteiger partial charge < -0.3 is 14.5 Å². The number of piperazine rings is 1. The fraction of sp³-hybridized carbons (Fsp3) is 0.857. The van der Waals surface area contributed by atoms with Crippen molar-refractivity contribution < 1.29 is 22.7 Å². The van der Waals surface area contributed by atoms with Gasteiger partial charge in [-0.05, 0) is 0 Å². The Bertz CT molecular complexity index is 527. The van der Waals surface area contributed by atoms with Crippen molar-refractivity contribution in [3.05, 3.63) is 0 Å². The van der Waals surface area contributed by atoms with Crippen LogP contribution in [0.4, 0.5) is 0 Å². The van der Waals surface area contributed by atoms with E-state index in [0.717, 1.165) is 25.8 Å². The van der Waals surface area contributed by atoms with E-state index in [9.17, 15) is 18.0 Å². The monoisotopic (exact) mass is 362 g/mol. The summed E-state index contributed by atoms with van der Waals surface area (Å²) in [6.45, 7) is 5.45. The van der Waals surface area contributed by atoms with Crippen molar-refractivity contribution in [3.63, 3.8) is 0 Å². The van der Waals surface area contributed by atoms with Gasteiger partial charge in [0.25, 0.3) is 0 Å². The minimum absolute atomic E-state index is 0.149. The van der Waals surface area contributed by atoms with Gasteiger partial charge in [0, 0.05) is 52.4 Å². The van der Waals surface area contributed by atoms with Crippen LogP contribution in [0.2, 0.25) is 0 Å². The van der Waals surface area contributed by atoms with Crippen molar-refractivity contribution >= 4 is 22.3 Å². The fourth-order valence-corrected chi connectivity index (χ4v) is 3.53. The minimum Gasteiger partial charge on any atom is -0.379 e. The molecule has 2 saturated heterocycles. The summed E-state index contributed by atoms with van der Waals surface area (Å²) >= 11 is 0. The molecule has 0 aromatic rings. The molecule has 0 aliphatic carbocycles. The molecule has 24 heavy (non-hydrogen) atoms. The second-order valence-corrected chi connectivity index (χ2v) is 8.06. The third kappa shape index (κ3) is 5.69. The van der Waals surface area contributed by atoms with Gasteiger partial charge in [-0.2, -0.15) is 4.31 Å². The van der Waals surface area contributed by atoms with Gasteiger partial charge in [0.15, 0.2) is 0 Å². The third-order valence-electron chi connectivity index (χ3n) is 4.37. The van der Waals surface area contributed by atoms with Crippen LogP contribution in [0.3, 0.4) is 0 Å². The molecule has 0 radical (unpaired) electrons. The highest BCUT2D eigenvalue weighted by atomic mass is 32.2. The number of sulfonamides is 1. The Morgan fingerprint density at radius 3 is 2.29 bits per heavy atom. The van der Waals surface area contributed by atoms with Gasteiger partial charge in [-0.25, -0.2) is 8.42 Å². The van der Waals surface area contributed by atoms with Gasteiger partial charge in [-0.1, -0.05) is 0 Å². The van der Waals surface area contributed by atoms with E-state index in [2.05, 4.69) is 4.90 Å². The number of morpholine rings is 1. The van der Waals surface area contributed by atoms with Gasteiger partial charge in [-0.15, -0.1) is 0 Å². The Hall–Kier alpha value is -1.23. The van der Waals surface area contributed by atoms with E-state index in [1.807, 2.05) is 0 Å². The highest BCUT2D eigenvalue weighted by Crippen LogP contribution is 2.05. The number of amides is 2. The Kier molecular flexibility index (Phi) is 6.96. The van der Waals surface area contributed by atoms with E-state index >= 15 is 0 Å². The average molecular weight is 362 g/mol. The number of hydrogen-bond acceptors (Lipinski definition) is 6. The zero-order chi connectivity index (χ0) is 17.6. The van der Waals surface area contributed by atoms with Crippen LogP contribution < -0.4 is 0 Å². The number of nitrogens with zero attached hydrogens (tertiary/aromatic N) is 4. The number of rotatable bonds is 7. The van der Waals surface area contributed by atoms with Gasteiger partial charge in [0.1, 0.15) is 0 Å². The van der Waals surface area contributed by atoms with Crippen LogP contribution in [0.25, 0.3) is 0 Å². The van der Waals surface area contributed by atoms with Crippen molar-refractivity contribution in [1.82, 2.24) is 19.0 Å².